The van der Waals surface area contributed by atoms with Gasteiger partial charge in [-0.05, 0) is 24.6 Å². The molecule has 0 spiro atoms. The van der Waals surface area contributed by atoms with E-state index in [-0.39, 0.29) is 5.75 Å². The van der Waals surface area contributed by atoms with Crippen LogP contribution in [0.1, 0.15) is 11.3 Å². The van der Waals surface area contributed by atoms with Crippen molar-refractivity contribution in [2.24, 2.45) is 0 Å². The highest BCUT2D eigenvalue weighted by Crippen LogP contribution is 2.29. The van der Waals surface area contributed by atoms with Gasteiger partial charge in [0, 0.05) is 34.3 Å². The summed E-state index contributed by atoms with van der Waals surface area (Å²) in [5.74, 6) is 0.723. The number of hydrogen-bond acceptors (Lipinski definition) is 6. The van der Waals surface area contributed by atoms with Crippen molar-refractivity contribution >= 4 is 34.1 Å². The Morgan fingerprint density at radius 2 is 2.25 bits per heavy atom. The molecule has 4 nitrogen and oxygen atoms in total. The monoisotopic (exact) mass is 305 g/mol. The Labute approximate surface area is 123 Å². The van der Waals surface area contributed by atoms with Crippen LogP contribution in [-0.4, -0.2) is 10.1 Å². The minimum Gasteiger partial charge on any atom is -0.508 e. The number of rotatable bonds is 3. The molecule has 20 heavy (non-hydrogen) atoms. The summed E-state index contributed by atoms with van der Waals surface area (Å²) in [5.41, 5.74) is 1.88. The van der Waals surface area contributed by atoms with Gasteiger partial charge in [0.15, 0.2) is 0 Å². The van der Waals surface area contributed by atoms with Crippen LogP contribution in [0.5, 0.6) is 5.75 Å². The maximum absolute atomic E-state index is 11.6. The number of benzene rings is 1. The summed E-state index contributed by atoms with van der Waals surface area (Å²) in [6, 6.07) is 6.30. The molecule has 0 bridgehead atoms. The van der Waals surface area contributed by atoms with Gasteiger partial charge in [-0.1, -0.05) is 11.8 Å². The molecule has 0 aliphatic rings. The molecule has 102 valence electrons. The molecule has 2 aromatic heterocycles. The lowest BCUT2D eigenvalue weighted by atomic mass is 10.1. The summed E-state index contributed by atoms with van der Waals surface area (Å²) in [7, 11) is 0. The first-order valence-corrected chi connectivity index (χ1v) is 7.79. The molecule has 3 aromatic rings. The van der Waals surface area contributed by atoms with Gasteiger partial charge in [0.1, 0.15) is 15.7 Å². The van der Waals surface area contributed by atoms with Crippen LogP contribution in [0.2, 0.25) is 0 Å². The quantitative estimate of drug-likeness (QED) is 0.592. The largest absolute Gasteiger partial charge is 0.508 e. The number of thioether (sulfide) groups is 1. The highest BCUT2D eigenvalue weighted by molar-refractivity contribution is 8.00. The molecular formula is C14H11NO3S2. The molecule has 3 rings (SSSR count). The van der Waals surface area contributed by atoms with E-state index < -0.39 is 5.63 Å². The van der Waals surface area contributed by atoms with Gasteiger partial charge >= 0.3 is 5.63 Å². The molecule has 6 heteroatoms. The summed E-state index contributed by atoms with van der Waals surface area (Å²) < 4.78 is 6.08. The fraction of sp³-hybridized carbons (Fsp3) is 0.143. The fourth-order valence-corrected chi connectivity index (χ4v) is 3.72. The third kappa shape index (κ3) is 2.71. The standard InChI is InChI=1S/C14H11NO3S2/c1-8-6-19-14(15-8)20-7-9-4-13(17)18-12-5-10(16)2-3-11(9)12/h2-6,16H,7H2,1H3. The van der Waals surface area contributed by atoms with Crippen molar-refractivity contribution in [3.05, 3.63) is 51.3 Å². The van der Waals surface area contributed by atoms with Gasteiger partial charge in [0.05, 0.1) is 0 Å². The van der Waals surface area contributed by atoms with Crippen LogP contribution in [0.15, 0.2) is 43.2 Å². The van der Waals surface area contributed by atoms with Crippen molar-refractivity contribution in [3.8, 4) is 5.75 Å². The number of nitrogens with zero attached hydrogens (tertiary/aromatic N) is 1. The summed E-state index contributed by atoms with van der Waals surface area (Å²) in [6.07, 6.45) is 0. The maximum Gasteiger partial charge on any atom is 0.336 e. The summed E-state index contributed by atoms with van der Waals surface area (Å²) in [5, 5.41) is 12.3. The highest BCUT2D eigenvalue weighted by atomic mass is 32.2. The van der Waals surface area contributed by atoms with E-state index in [1.807, 2.05) is 12.3 Å². The van der Waals surface area contributed by atoms with E-state index in [1.165, 1.54) is 12.1 Å². The normalized spacial score (nSPS) is 11.1. The number of aryl methyl sites for hydroxylation is 1. The molecule has 0 aliphatic heterocycles. The first-order valence-electron chi connectivity index (χ1n) is 5.92. The van der Waals surface area contributed by atoms with E-state index in [0.29, 0.717) is 11.3 Å². The van der Waals surface area contributed by atoms with E-state index in [2.05, 4.69) is 4.98 Å². The molecule has 0 atom stereocenters. The number of aromatic hydroxyl groups is 1. The van der Waals surface area contributed by atoms with Gasteiger partial charge in [0.2, 0.25) is 0 Å². The molecule has 0 radical (unpaired) electrons. The summed E-state index contributed by atoms with van der Waals surface area (Å²) >= 11 is 3.18. The number of aromatic nitrogens is 1. The van der Waals surface area contributed by atoms with E-state index >= 15 is 0 Å². The first-order chi connectivity index (χ1) is 9.61. The van der Waals surface area contributed by atoms with E-state index in [1.54, 1.807) is 35.2 Å². The number of thiazole rings is 1. The predicted octanol–water partition coefficient (Wildman–Crippen LogP) is 3.56. The Kier molecular flexibility index (Phi) is 3.50. The van der Waals surface area contributed by atoms with Gasteiger partial charge in [-0.25, -0.2) is 9.78 Å². The molecule has 0 unspecified atom stereocenters. The van der Waals surface area contributed by atoms with E-state index in [4.69, 9.17) is 4.42 Å². The average Bonchev–Trinajstić information content (AvgIpc) is 2.81. The van der Waals surface area contributed by atoms with Crippen molar-refractivity contribution in [1.29, 1.82) is 0 Å². The minimum atomic E-state index is -0.408. The molecule has 1 aromatic carbocycles. The second kappa shape index (κ2) is 5.30. The molecular weight excluding hydrogens is 294 g/mol. The van der Waals surface area contributed by atoms with Crippen LogP contribution in [0.25, 0.3) is 11.0 Å². The first kappa shape index (κ1) is 13.2. The SMILES string of the molecule is Cc1csc(SCc2cc(=O)oc3cc(O)ccc23)n1. The van der Waals surface area contributed by atoms with Crippen LogP contribution >= 0.6 is 23.1 Å². The van der Waals surface area contributed by atoms with Crippen LogP contribution in [0.4, 0.5) is 0 Å². The summed E-state index contributed by atoms with van der Waals surface area (Å²) in [4.78, 5) is 15.9. The molecule has 1 N–H and O–H groups in total. The highest BCUT2D eigenvalue weighted by Gasteiger charge is 2.08. The lowest BCUT2D eigenvalue weighted by Crippen LogP contribution is -1.99. The van der Waals surface area contributed by atoms with Crippen molar-refractivity contribution in [2.75, 3.05) is 0 Å². The maximum atomic E-state index is 11.6. The average molecular weight is 305 g/mol. The zero-order valence-electron chi connectivity index (χ0n) is 10.6. The van der Waals surface area contributed by atoms with Crippen molar-refractivity contribution < 1.29 is 9.52 Å². The van der Waals surface area contributed by atoms with Crippen LogP contribution < -0.4 is 5.63 Å². The predicted molar refractivity (Wildman–Crippen MR) is 80.6 cm³/mol. The Hall–Kier alpha value is -1.79. The molecule has 0 saturated carbocycles. The number of hydrogen-bond donors (Lipinski definition) is 1. The smallest absolute Gasteiger partial charge is 0.336 e. The number of phenols is 1. The lowest BCUT2D eigenvalue weighted by molar-refractivity contribution is 0.473. The van der Waals surface area contributed by atoms with Gasteiger partial charge in [-0.2, -0.15) is 0 Å². The Balaban J connectivity index is 1.96. The second-order valence-corrected chi connectivity index (χ2v) is 6.40. The van der Waals surface area contributed by atoms with Gasteiger partial charge < -0.3 is 9.52 Å². The van der Waals surface area contributed by atoms with Crippen molar-refractivity contribution in [1.82, 2.24) is 4.98 Å². The molecule has 0 amide bonds. The third-order valence-electron chi connectivity index (χ3n) is 2.76. The number of fused-ring (bicyclic) bond motifs is 1. The zero-order chi connectivity index (χ0) is 14.1. The van der Waals surface area contributed by atoms with Gasteiger partial charge in [-0.3, -0.25) is 0 Å². The zero-order valence-corrected chi connectivity index (χ0v) is 12.3. The fourth-order valence-electron chi connectivity index (χ4n) is 1.88. The molecule has 0 fully saturated rings. The Morgan fingerprint density at radius 3 is 3.00 bits per heavy atom. The van der Waals surface area contributed by atoms with Crippen LogP contribution in [-0.2, 0) is 5.75 Å². The minimum absolute atomic E-state index is 0.0843. The van der Waals surface area contributed by atoms with E-state index in [0.717, 1.165) is 21.0 Å². The molecule has 2 heterocycles. The van der Waals surface area contributed by atoms with Gasteiger partial charge in [0.25, 0.3) is 0 Å². The van der Waals surface area contributed by atoms with Crippen LogP contribution in [0, 0.1) is 6.92 Å². The van der Waals surface area contributed by atoms with Crippen LogP contribution in [0.3, 0.4) is 0 Å². The second-order valence-electron chi connectivity index (χ2n) is 4.31. The molecule has 0 saturated heterocycles. The van der Waals surface area contributed by atoms with Crippen molar-refractivity contribution in [2.45, 2.75) is 17.0 Å². The summed E-state index contributed by atoms with van der Waals surface area (Å²) in [6.45, 7) is 1.95. The Bertz CT molecular complexity index is 823. The molecule has 0 aliphatic carbocycles. The number of phenolic OH excluding ortho intramolecular Hbond substituents is 1. The topological polar surface area (TPSA) is 63.3 Å². The van der Waals surface area contributed by atoms with Gasteiger partial charge in [-0.15, -0.1) is 11.3 Å². The lowest BCUT2D eigenvalue weighted by Gasteiger charge is -2.04. The van der Waals surface area contributed by atoms with E-state index in [9.17, 15) is 9.90 Å². The third-order valence-corrected chi connectivity index (χ3v) is 4.95. The van der Waals surface area contributed by atoms with Crippen molar-refractivity contribution in [3.63, 3.8) is 0 Å². The Morgan fingerprint density at radius 1 is 1.40 bits per heavy atom.